The fourth-order valence-corrected chi connectivity index (χ4v) is 3.67. The van der Waals surface area contributed by atoms with Gasteiger partial charge >= 0.3 is 0 Å². The van der Waals surface area contributed by atoms with Gasteiger partial charge in [0.1, 0.15) is 0 Å². The molecule has 1 aromatic heterocycles. The second-order valence-electron chi connectivity index (χ2n) is 6.26. The molecule has 27 heavy (non-hydrogen) atoms. The van der Waals surface area contributed by atoms with E-state index in [0.717, 1.165) is 36.5 Å². The van der Waals surface area contributed by atoms with Crippen molar-refractivity contribution in [1.82, 2.24) is 4.98 Å². The maximum atomic E-state index is 12.5. The Hall–Kier alpha value is -2.66. The molecule has 0 spiro atoms. The summed E-state index contributed by atoms with van der Waals surface area (Å²) in [4.78, 5) is 19.3. The smallest absolute Gasteiger partial charge is 0.257 e. The molecule has 5 heteroatoms. The van der Waals surface area contributed by atoms with Gasteiger partial charge in [0.25, 0.3) is 5.91 Å². The first kappa shape index (κ1) is 19.1. The van der Waals surface area contributed by atoms with Crippen LogP contribution in [0.3, 0.4) is 0 Å². The Morgan fingerprint density at radius 2 is 1.67 bits per heavy atom. The molecule has 0 bridgehead atoms. The minimum Gasteiger partial charge on any atom is -0.372 e. The molecular formula is C22H25N3OS. The van der Waals surface area contributed by atoms with Crippen LogP contribution in [0.5, 0.6) is 0 Å². The molecule has 0 unspecified atom stereocenters. The third kappa shape index (κ3) is 4.55. The first-order chi connectivity index (χ1) is 13.1. The van der Waals surface area contributed by atoms with E-state index in [0.29, 0.717) is 10.7 Å². The molecule has 3 rings (SSSR count). The molecule has 1 N–H and O–H groups in total. The molecular weight excluding hydrogens is 354 g/mol. The number of aromatic nitrogens is 1. The third-order valence-corrected chi connectivity index (χ3v) is 5.40. The molecule has 0 radical (unpaired) electrons. The molecule has 0 saturated carbocycles. The zero-order chi connectivity index (χ0) is 19.2. The summed E-state index contributed by atoms with van der Waals surface area (Å²) in [6.07, 6.45) is 1.02. The standard InChI is InChI=1S/C22H25N3OS/c1-4-16-7-9-17(10-8-16)20-15-27-22(23-20)24-21(26)18-11-13-19(14-12-18)25(5-2)6-3/h7-15H,4-6H2,1-3H3,(H,23,24,26). The molecule has 0 aliphatic heterocycles. The summed E-state index contributed by atoms with van der Waals surface area (Å²) in [5, 5.41) is 5.49. The molecule has 1 amide bonds. The number of carbonyl (C=O) groups is 1. The Bertz CT molecular complexity index is 881. The Balaban J connectivity index is 1.68. The minimum atomic E-state index is -0.136. The summed E-state index contributed by atoms with van der Waals surface area (Å²) >= 11 is 1.44. The van der Waals surface area contributed by atoms with Crippen molar-refractivity contribution in [1.29, 1.82) is 0 Å². The van der Waals surface area contributed by atoms with Crippen LogP contribution in [0.2, 0.25) is 0 Å². The van der Waals surface area contributed by atoms with Gasteiger partial charge in [0.15, 0.2) is 5.13 Å². The molecule has 4 nitrogen and oxygen atoms in total. The number of amides is 1. The third-order valence-electron chi connectivity index (χ3n) is 4.64. The van der Waals surface area contributed by atoms with Crippen molar-refractivity contribution in [2.45, 2.75) is 27.2 Å². The zero-order valence-corrected chi connectivity index (χ0v) is 16.8. The fourth-order valence-electron chi connectivity index (χ4n) is 2.96. The first-order valence-corrected chi connectivity index (χ1v) is 10.2. The van der Waals surface area contributed by atoms with Gasteiger partial charge in [0.05, 0.1) is 5.69 Å². The lowest BCUT2D eigenvalue weighted by molar-refractivity contribution is 0.102. The Morgan fingerprint density at radius 1 is 1.00 bits per heavy atom. The van der Waals surface area contributed by atoms with Gasteiger partial charge < -0.3 is 4.90 Å². The van der Waals surface area contributed by atoms with Crippen molar-refractivity contribution in [2.75, 3.05) is 23.3 Å². The van der Waals surface area contributed by atoms with Crippen molar-refractivity contribution >= 4 is 28.1 Å². The van der Waals surface area contributed by atoms with Gasteiger partial charge in [-0.3, -0.25) is 10.1 Å². The van der Waals surface area contributed by atoms with Gasteiger partial charge in [-0.15, -0.1) is 11.3 Å². The van der Waals surface area contributed by atoms with Gasteiger partial charge in [-0.2, -0.15) is 0 Å². The predicted octanol–water partition coefficient (Wildman–Crippen LogP) is 5.47. The van der Waals surface area contributed by atoms with Crippen LogP contribution in [-0.4, -0.2) is 24.0 Å². The molecule has 140 valence electrons. The molecule has 0 atom stereocenters. The number of aryl methyl sites for hydroxylation is 1. The number of nitrogens with one attached hydrogen (secondary N) is 1. The van der Waals surface area contributed by atoms with E-state index in [1.165, 1.54) is 16.9 Å². The number of benzene rings is 2. The average molecular weight is 380 g/mol. The molecule has 1 heterocycles. The average Bonchev–Trinajstić information content (AvgIpc) is 3.18. The summed E-state index contributed by atoms with van der Waals surface area (Å²) in [6, 6.07) is 16.1. The summed E-state index contributed by atoms with van der Waals surface area (Å²) in [5.41, 5.74) is 5.01. The van der Waals surface area contributed by atoms with Crippen LogP contribution in [0.4, 0.5) is 10.8 Å². The first-order valence-electron chi connectivity index (χ1n) is 9.35. The van der Waals surface area contributed by atoms with Crippen LogP contribution < -0.4 is 10.2 Å². The summed E-state index contributed by atoms with van der Waals surface area (Å²) in [6.45, 7) is 8.28. The van der Waals surface area contributed by atoms with Crippen molar-refractivity contribution in [3.05, 3.63) is 65.0 Å². The lowest BCUT2D eigenvalue weighted by Gasteiger charge is -2.20. The highest BCUT2D eigenvalue weighted by atomic mass is 32.1. The van der Waals surface area contributed by atoms with E-state index in [-0.39, 0.29) is 5.91 Å². The molecule has 2 aromatic carbocycles. The maximum Gasteiger partial charge on any atom is 0.257 e. The van der Waals surface area contributed by atoms with E-state index >= 15 is 0 Å². The summed E-state index contributed by atoms with van der Waals surface area (Å²) in [7, 11) is 0. The zero-order valence-electron chi connectivity index (χ0n) is 16.0. The lowest BCUT2D eigenvalue weighted by atomic mass is 10.1. The number of rotatable bonds is 7. The van der Waals surface area contributed by atoms with Gasteiger partial charge in [0.2, 0.25) is 0 Å². The van der Waals surface area contributed by atoms with Crippen LogP contribution in [0.1, 0.15) is 36.7 Å². The number of carbonyl (C=O) groups excluding carboxylic acids is 1. The molecule has 0 saturated heterocycles. The number of nitrogens with zero attached hydrogens (tertiary/aromatic N) is 2. The molecule has 0 fully saturated rings. The number of anilines is 2. The van der Waals surface area contributed by atoms with Crippen molar-refractivity contribution < 1.29 is 4.79 Å². The highest BCUT2D eigenvalue weighted by molar-refractivity contribution is 7.14. The monoisotopic (exact) mass is 379 g/mol. The Kier molecular flexibility index (Phi) is 6.24. The van der Waals surface area contributed by atoms with Crippen LogP contribution in [-0.2, 0) is 6.42 Å². The van der Waals surface area contributed by atoms with Crippen LogP contribution in [0.25, 0.3) is 11.3 Å². The van der Waals surface area contributed by atoms with Gasteiger partial charge in [-0.1, -0.05) is 31.2 Å². The highest BCUT2D eigenvalue weighted by Gasteiger charge is 2.11. The van der Waals surface area contributed by atoms with Crippen LogP contribution in [0, 0.1) is 0 Å². The van der Waals surface area contributed by atoms with Crippen LogP contribution >= 0.6 is 11.3 Å². The van der Waals surface area contributed by atoms with E-state index < -0.39 is 0 Å². The minimum absolute atomic E-state index is 0.136. The van der Waals surface area contributed by atoms with Crippen molar-refractivity contribution in [3.8, 4) is 11.3 Å². The Morgan fingerprint density at radius 3 is 2.26 bits per heavy atom. The molecule has 3 aromatic rings. The second kappa shape index (κ2) is 8.82. The Labute approximate surface area is 164 Å². The SMILES string of the molecule is CCc1ccc(-c2csc(NC(=O)c3ccc(N(CC)CC)cc3)n2)cc1. The van der Waals surface area contributed by atoms with E-state index in [2.05, 4.69) is 60.2 Å². The van der Waals surface area contributed by atoms with E-state index in [1.54, 1.807) is 0 Å². The van der Waals surface area contributed by atoms with Gasteiger partial charge in [0, 0.05) is 35.3 Å². The predicted molar refractivity (Wildman–Crippen MR) is 115 cm³/mol. The van der Waals surface area contributed by atoms with E-state index in [9.17, 15) is 4.79 Å². The summed E-state index contributed by atoms with van der Waals surface area (Å²) < 4.78 is 0. The maximum absolute atomic E-state index is 12.5. The molecule has 0 aliphatic rings. The van der Waals surface area contributed by atoms with Gasteiger partial charge in [-0.25, -0.2) is 4.98 Å². The number of thiazole rings is 1. The van der Waals surface area contributed by atoms with Crippen LogP contribution in [0.15, 0.2) is 53.9 Å². The topological polar surface area (TPSA) is 45.2 Å². The van der Waals surface area contributed by atoms with E-state index in [4.69, 9.17) is 0 Å². The largest absolute Gasteiger partial charge is 0.372 e. The van der Waals surface area contributed by atoms with Crippen molar-refractivity contribution in [2.24, 2.45) is 0 Å². The lowest BCUT2D eigenvalue weighted by Crippen LogP contribution is -2.21. The molecule has 0 aliphatic carbocycles. The van der Waals surface area contributed by atoms with Gasteiger partial charge in [-0.05, 0) is 50.1 Å². The fraction of sp³-hybridized carbons (Fsp3) is 0.273. The van der Waals surface area contributed by atoms with Crippen molar-refractivity contribution in [3.63, 3.8) is 0 Å². The summed E-state index contributed by atoms with van der Waals surface area (Å²) in [5.74, 6) is -0.136. The highest BCUT2D eigenvalue weighted by Crippen LogP contribution is 2.26. The normalized spacial score (nSPS) is 10.6. The van der Waals surface area contributed by atoms with E-state index in [1.807, 2.05) is 29.6 Å². The number of hydrogen-bond donors (Lipinski definition) is 1. The second-order valence-corrected chi connectivity index (χ2v) is 7.12. The number of hydrogen-bond acceptors (Lipinski definition) is 4. The quantitative estimate of drug-likeness (QED) is 0.592.